The van der Waals surface area contributed by atoms with Crippen molar-refractivity contribution in [3.05, 3.63) is 142 Å². The molecule has 2 heterocycles. The van der Waals surface area contributed by atoms with Crippen LogP contribution in [0.2, 0.25) is 0 Å². The highest BCUT2D eigenvalue weighted by Gasteiger charge is 2.66. The van der Waals surface area contributed by atoms with Crippen LogP contribution in [0.3, 0.4) is 0 Å². The Morgan fingerprint density at radius 1 is 0.617 bits per heavy atom. The lowest BCUT2D eigenvalue weighted by Crippen LogP contribution is -2.50. The zero-order chi connectivity index (χ0) is 33.7. The van der Waals surface area contributed by atoms with Gasteiger partial charge in [0.15, 0.2) is 7.51 Å². The molecule has 1 fully saturated rings. The lowest BCUT2D eigenvalue weighted by atomic mass is 9.72. The third kappa shape index (κ3) is 5.28. The number of nitrogens with zero attached hydrogens (tertiary/aromatic N) is 3. The van der Waals surface area contributed by atoms with Gasteiger partial charge in [-0.3, -0.25) is 0 Å². The Bertz CT molecular complexity index is 1720. The van der Waals surface area contributed by atoms with Crippen LogP contribution in [0.4, 0.5) is 0 Å². The number of benzene rings is 4. The van der Waals surface area contributed by atoms with Crippen LogP contribution in [0.5, 0.6) is 0 Å². The summed E-state index contributed by atoms with van der Waals surface area (Å²) in [5.74, 6) is 0.806. The summed E-state index contributed by atoms with van der Waals surface area (Å²) in [6.07, 6.45) is 2.15. The van der Waals surface area contributed by atoms with Gasteiger partial charge in [-0.15, -0.1) is 0 Å². The number of likely N-dealkylation sites (N-methyl/N-ethyl adjacent to an activating group) is 2. The van der Waals surface area contributed by atoms with E-state index >= 15 is 0 Å². The molecular formula is C42H55N4P. The minimum Gasteiger partial charge on any atom is -0.244 e. The number of nitrogens with one attached hydrogen (secondary N) is 1. The monoisotopic (exact) mass is 646 g/mol. The first kappa shape index (κ1) is 33.9. The fourth-order valence-corrected chi connectivity index (χ4v) is 13.1. The summed E-state index contributed by atoms with van der Waals surface area (Å²) < 4.78 is 11.8. The van der Waals surface area contributed by atoms with Gasteiger partial charge in [-0.25, -0.2) is 19.2 Å². The Labute approximate surface area is 284 Å². The lowest BCUT2D eigenvalue weighted by Gasteiger charge is -2.42. The first-order valence-electron chi connectivity index (χ1n) is 17.6. The largest absolute Gasteiger partial charge is 0.244 e. The fraction of sp³-hybridized carbons (Fsp3) is 0.429. The zero-order valence-electron chi connectivity index (χ0n) is 30.3. The maximum atomic E-state index is 6.40. The molecule has 5 heteroatoms. The van der Waals surface area contributed by atoms with Crippen molar-refractivity contribution >= 4 is 7.51 Å². The summed E-state index contributed by atoms with van der Waals surface area (Å²) in [6.45, 7) is 18.5. The van der Waals surface area contributed by atoms with Crippen LogP contribution in [0, 0.1) is 39.5 Å². The highest BCUT2D eigenvalue weighted by atomic mass is 31.2. The first-order chi connectivity index (χ1) is 22.4. The van der Waals surface area contributed by atoms with E-state index in [0.717, 1.165) is 12.8 Å². The van der Waals surface area contributed by atoms with Crippen molar-refractivity contribution in [2.24, 2.45) is 16.6 Å². The highest BCUT2D eigenvalue weighted by Crippen LogP contribution is 2.73. The predicted octanol–water partition coefficient (Wildman–Crippen LogP) is 10.4. The standard InChI is InChI=1S/C42H55N4P/c1-11-33(7)39-41(35-21-13-17-29(3)25-35,36-22-14-18-30(4)26-36)43-47(45(39)9)44-42(37-23-15-19-31(5)27-37,38-24-16-20-32(6)28-38)40(46(47)10)34(8)12-2/h13-28,33-34,39-40,43H,11-12H2,1-10H3/t33-,34-,39-,40-,47?/m0/s1. The average molecular weight is 647 g/mol. The highest BCUT2D eigenvalue weighted by molar-refractivity contribution is 7.60. The van der Waals surface area contributed by atoms with Gasteiger partial charge in [0.1, 0.15) is 5.54 Å². The predicted molar refractivity (Wildman–Crippen MR) is 201 cm³/mol. The molecule has 1 saturated heterocycles. The van der Waals surface area contributed by atoms with Crippen molar-refractivity contribution in [3.63, 3.8) is 0 Å². The van der Waals surface area contributed by atoms with Gasteiger partial charge in [-0.1, -0.05) is 160 Å². The minimum atomic E-state index is -2.55. The molecule has 4 aromatic rings. The van der Waals surface area contributed by atoms with E-state index in [9.17, 15) is 0 Å². The minimum absolute atomic E-state index is 0.155. The van der Waals surface area contributed by atoms with E-state index in [1.165, 1.54) is 44.5 Å². The molecule has 4 nitrogen and oxygen atoms in total. The second-order valence-corrected chi connectivity index (χ2v) is 17.5. The van der Waals surface area contributed by atoms with Crippen LogP contribution in [0.1, 0.15) is 85.0 Å². The number of aryl methyl sites for hydroxylation is 4. The lowest BCUT2D eigenvalue weighted by molar-refractivity contribution is 0.201. The third-order valence-electron chi connectivity index (χ3n) is 11.4. The maximum absolute atomic E-state index is 6.40. The van der Waals surface area contributed by atoms with Gasteiger partial charge in [0.25, 0.3) is 0 Å². The van der Waals surface area contributed by atoms with Gasteiger partial charge in [0, 0.05) is 6.04 Å². The molecule has 1 unspecified atom stereocenters. The molecule has 0 saturated carbocycles. The molecule has 4 aromatic carbocycles. The number of hydrogen-bond acceptors (Lipinski definition) is 4. The van der Waals surface area contributed by atoms with Crippen molar-refractivity contribution in [1.29, 1.82) is 0 Å². The van der Waals surface area contributed by atoms with Crippen molar-refractivity contribution in [3.8, 4) is 0 Å². The van der Waals surface area contributed by atoms with Crippen LogP contribution in [0.25, 0.3) is 0 Å². The summed E-state index contributed by atoms with van der Waals surface area (Å²) in [5, 5.41) is 4.56. The molecule has 47 heavy (non-hydrogen) atoms. The smallest absolute Gasteiger partial charge is 0.167 e. The number of rotatable bonds is 8. The topological polar surface area (TPSA) is 30.9 Å². The van der Waals surface area contributed by atoms with E-state index in [2.05, 4.69) is 181 Å². The van der Waals surface area contributed by atoms with Crippen LogP contribution >= 0.6 is 7.51 Å². The van der Waals surface area contributed by atoms with Gasteiger partial charge in [-0.2, -0.15) is 0 Å². The second-order valence-electron chi connectivity index (χ2n) is 14.6. The second kappa shape index (κ2) is 12.8. The molecule has 6 rings (SSSR count). The number of hydrogen-bond donors (Lipinski definition) is 1. The molecular weight excluding hydrogens is 591 g/mol. The Kier molecular flexibility index (Phi) is 9.22. The summed E-state index contributed by atoms with van der Waals surface area (Å²) in [6, 6.07) is 37.1. The summed E-state index contributed by atoms with van der Waals surface area (Å²) in [5.41, 5.74) is 9.33. The van der Waals surface area contributed by atoms with E-state index in [1.807, 2.05) is 0 Å². The van der Waals surface area contributed by atoms with Gasteiger partial charge in [0.2, 0.25) is 0 Å². The summed E-state index contributed by atoms with van der Waals surface area (Å²) >= 11 is 0. The van der Waals surface area contributed by atoms with Gasteiger partial charge >= 0.3 is 0 Å². The molecule has 2 aliphatic rings. The molecule has 0 amide bonds. The Balaban J connectivity index is 1.76. The van der Waals surface area contributed by atoms with Gasteiger partial charge in [-0.05, 0) is 75.9 Å². The summed E-state index contributed by atoms with van der Waals surface area (Å²) in [7, 11) is 2.20. The first-order valence-corrected chi connectivity index (χ1v) is 19.3. The molecule has 248 valence electrons. The van der Waals surface area contributed by atoms with Crippen molar-refractivity contribution in [1.82, 2.24) is 14.4 Å². The Hall–Kier alpha value is -3.01. The van der Waals surface area contributed by atoms with Crippen LogP contribution in [0.15, 0.2) is 102 Å². The maximum Gasteiger partial charge on any atom is 0.167 e. The van der Waals surface area contributed by atoms with E-state index in [0.29, 0.717) is 11.8 Å². The zero-order valence-corrected chi connectivity index (χ0v) is 31.1. The summed E-state index contributed by atoms with van der Waals surface area (Å²) in [4.78, 5) is 0. The Morgan fingerprint density at radius 3 is 1.38 bits per heavy atom. The van der Waals surface area contributed by atoms with Crippen LogP contribution in [-0.4, -0.2) is 35.5 Å². The van der Waals surface area contributed by atoms with E-state index < -0.39 is 18.6 Å². The molecule has 0 aromatic heterocycles. The average Bonchev–Trinajstić information content (AvgIpc) is 3.49. The van der Waals surface area contributed by atoms with E-state index in [4.69, 9.17) is 4.74 Å². The van der Waals surface area contributed by atoms with Crippen molar-refractivity contribution in [2.45, 2.75) is 91.4 Å². The van der Waals surface area contributed by atoms with Gasteiger partial charge in [0.05, 0.1) is 11.6 Å². The van der Waals surface area contributed by atoms with Crippen molar-refractivity contribution < 1.29 is 0 Å². The molecule has 5 atom stereocenters. The fourth-order valence-electron chi connectivity index (χ4n) is 8.85. The van der Waals surface area contributed by atoms with Crippen LogP contribution < -0.4 is 5.09 Å². The molecule has 2 aliphatic heterocycles. The Morgan fingerprint density at radius 2 is 0.979 bits per heavy atom. The van der Waals surface area contributed by atoms with E-state index in [-0.39, 0.29) is 12.1 Å². The normalized spacial score (nSPS) is 25.1. The molecule has 0 aliphatic carbocycles. The molecule has 1 N–H and O–H groups in total. The molecule has 0 bridgehead atoms. The quantitative estimate of drug-likeness (QED) is 0.193. The van der Waals surface area contributed by atoms with Gasteiger partial charge < -0.3 is 0 Å². The van der Waals surface area contributed by atoms with Crippen LogP contribution in [-0.2, 0) is 11.1 Å². The SMILES string of the molecule is CC[C@H](C)[C@@H]1N(C)P2(=NC1(c1cccc(C)c1)c1cccc(C)c1)NC(c1cccc(C)c1)(c1cccc(C)c1)[C@H]([C@@H](C)CC)N2C. The van der Waals surface area contributed by atoms with E-state index in [1.54, 1.807) is 0 Å². The van der Waals surface area contributed by atoms with Crippen molar-refractivity contribution in [2.75, 3.05) is 14.1 Å². The molecule has 0 radical (unpaired) electrons. The molecule has 1 spiro atoms. The third-order valence-corrected chi connectivity index (χ3v) is 14.9.